The molecule has 0 bridgehead atoms. The average molecular weight is 481 g/mol. The van der Waals surface area contributed by atoms with Crippen LogP contribution in [-0.2, 0) is 11.2 Å². The Hall–Kier alpha value is -2.39. The molecular formula is C24H30ClFN2O5. The second-order valence-corrected chi connectivity index (χ2v) is 8.42. The predicted molar refractivity (Wildman–Crippen MR) is 124 cm³/mol. The van der Waals surface area contributed by atoms with Gasteiger partial charge < -0.3 is 30.0 Å². The summed E-state index contributed by atoms with van der Waals surface area (Å²) in [7, 11) is 2.76. The van der Waals surface area contributed by atoms with Gasteiger partial charge in [0.25, 0.3) is 0 Å². The van der Waals surface area contributed by atoms with Crippen LogP contribution in [0.15, 0.2) is 36.4 Å². The van der Waals surface area contributed by atoms with Crippen LogP contribution in [0.1, 0.15) is 28.8 Å². The van der Waals surface area contributed by atoms with Crippen LogP contribution in [-0.4, -0.2) is 63.2 Å². The number of hydrogen-bond acceptors (Lipinski definition) is 7. The van der Waals surface area contributed by atoms with Crippen LogP contribution in [0, 0.1) is 5.82 Å². The van der Waals surface area contributed by atoms with E-state index in [1.165, 1.54) is 32.4 Å². The van der Waals surface area contributed by atoms with E-state index in [1.54, 1.807) is 18.2 Å². The fourth-order valence-corrected chi connectivity index (χ4v) is 4.23. The molecule has 0 amide bonds. The Bertz CT molecular complexity index is 935. The molecule has 1 aliphatic rings. The maximum atomic E-state index is 13.3. The lowest BCUT2D eigenvalue weighted by molar-refractivity contribution is -0.0252. The van der Waals surface area contributed by atoms with Gasteiger partial charge in [-0.05, 0) is 56.1 Å². The molecule has 3 rings (SSSR count). The molecular weight excluding hydrogens is 451 g/mol. The highest BCUT2D eigenvalue weighted by molar-refractivity contribution is 6.32. The third kappa shape index (κ3) is 6.57. The van der Waals surface area contributed by atoms with Crippen LogP contribution in [0.3, 0.4) is 0 Å². The lowest BCUT2D eigenvalue weighted by Gasteiger charge is -2.40. The molecule has 0 spiro atoms. The summed E-state index contributed by atoms with van der Waals surface area (Å²) in [6, 6.07) is 9.04. The first-order valence-electron chi connectivity index (χ1n) is 10.9. The molecule has 1 saturated heterocycles. The van der Waals surface area contributed by atoms with Crippen molar-refractivity contribution in [2.24, 2.45) is 0 Å². The smallest absolute Gasteiger partial charge is 0.341 e. The van der Waals surface area contributed by atoms with E-state index in [2.05, 4.69) is 10.6 Å². The zero-order valence-corrected chi connectivity index (χ0v) is 19.6. The third-order valence-corrected chi connectivity index (χ3v) is 6.18. The highest BCUT2D eigenvalue weighted by atomic mass is 35.5. The fraction of sp³-hybridized carbons (Fsp3) is 0.458. The molecule has 2 aromatic carbocycles. The summed E-state index contributed by atoms with van der Waals surface area (Å²) in [5.41, 5.74) is 0.223. The Morgan fingerprint density at radius 2 is 1.91 bits per heavy atom. The maximum absolute atomic E-state index is 13.3. The molecule has 3 N–H and O–H groups in total. The van der Waals surface area contributed by atoms with E-state index >= 15 is 0 Å². The molecule has 1 fully saturated rings. The Balaban J connectivity index is 1.68. The summed E-state index contributed by atoms with van der Waals surface area (Å²) >= 11 is 6.14. The number of esters is 1. The Morgan fingerprint density at radius 3 is 2.55 bits per heavy atom. The second kappa shape index (κ2) is 11.7. The SMILES string of the molecule is COC(=O)c1cc(Cl)c(OC)cc1OCCNC(Cc1ccc(F)cc1)C1(O)CCNCC1. The standard InChI is InChI=1S/C24H30ClFN2O5/c1-31-21-15-20(18(14-19(21)25)23(29)32-2)33-12-11-28-22(24(30)7-9-27-10-8-24)13-16-3-5-17(26)6-4-16/h3-6,14-15,22,27-28,30H,7-13H2,1-2H3. The van der Waals surface area contributed by atoms with E-state index in [0.29, 0.717) is 37.3 Å². The molecule has 180 valence electrons. The number of nitrogens with one attached hydrogen (secondary N) is 2. The molecule has 1 atom stereocenters. The van der Waals surface area contributed by atoms with Gasteiger partial charge in [0, 0.05) is 18.7 Å². The molecule has 0 aliphatic carbocycles. The van der Waals surface area contributed by atoms with Gasteiger partial charge in [0.15, 0.2) is 0 Å². The van der Waals surface area contributed by atoms with Gasteiger partial charge in [-0.3, -0.25) is 0 Å². The van der Waals surface area contributed by atoms with E-state index in [0.717, 1.165) is 18.7 Å². The lowest BCUT2D eigenvalue weighted by Crippen LogP contribution is -2.57. The fourth-order valence-electron chi connectivity index (χ4n) is 3.99. The van der Waals surface area contributed by atoms with Gasteiger partial charge >= 0.3 is 5.97 Å². The van der Waals surface area contributed by atoms with Crippen molar-refractivity contribution < 1.29 is 28.5 Å². The van der Waals surface area contributed by atoms with Gasteiger partial charge in [-0.25, -0.2) is 9.18 Å². The van der Waals surface area contributed by atoms with Crippen LogP contribution in [0.4, 0.5) is 4.39 Å². The minimum Gasteiger partial charge on any atom is -0.495 e. The number of halogens is 2. The summed E-state index contributed by atoms with van der Waals surface area (Å²) in [6.07, 6.45) is 1.75. The Labute approximate surface area is 198 Å². The molecule has 1 heterocycles. The largest absolute Gasteiger partial charge is 0.495 e. The summed E-state index contributed by atoms with van der Waals surface area (Å²) in [6.45, 7) is 2.08. The van der Waals surface area contributed by atoms with Crippen molar-refractivity contribution in [1.29, 1.82) is 0 Å². The number of benzene rings is 2. The molecule has 1 unspecified atom stereocenters. The third-order valence-electron chi connectivity index (χ3n) is 5.88. The van der Waals surface area contributed by atoms with Crippen LogP contribution >= 0.6 is 11.6 Å². The van der Waals surface area contributed by atoms with Crippen LogP contribution in [0.5, 0.6) is 11.5 Å². The maximum Gasteiger partial charge on any atom is 0.341 e. The Kier molecular flexibility index (Phi) is 8.91. The number of hydrogen-bond donors (Lipinski definition) is 3. The predicted octanol–water partition coefficient (Wildman–Crippen LogP) is 2.97. The summed E-state index contributed by atoms with van der Waals surface area (Å²) in [4.78, 5) is 12.1. The van der Waals surface area contributed by atoms with Crippen LogP contribution < -0.4 is 20.1 Å². The summed E-state index contributed by atoms with van der Waals surface area (Å²) in [5, 5.41) is 18.2. The molecule has 1 aliphatic heterocycles. The van der Waals surface area contributed by atoms with Gasteiger partial charge in [-0.1, -0.05) is 23.7 Å². The molecule has 33 heavy (non-hydrogen) atoms. The van der Waals surface area contributed by atoms with Gasteiger partial charge in [0.2, 0.25) is 0 Å². The van der Waals surface area contributed by atoms with Crippen LogP contribution in [0.25, 0.3) is 0 Å². The first kappa shape index (κ1) is 25.2. The van der Waals surface area contributed by atoms with E-state index in [-0.39, 0.29) is 29.1 Å². The van der Waals surface area contributed by atoms with Crippen molar-refractivity contribution in [1.82, 2.24) is 10.6 Å². The number of ether oxygens (including phenoxy) is 3. The monoisotopic (exact) mass is 480 g/mol. The topological polar surface area (TPSA) is 89.1 Å². The molecule has 7 nitrogen and oxygen atoms in total. The number of rotatable bonds is 10. The van der Waals surface area contributed by atoms with Gasteiger partial charge in [0.1, 0.15) is 29.5 Å². The lowest BCUT2D eigenvalue weighted by atomic mass is 9.82. The van der Waals surface area contributed by atoms with Crippen molar-refractivity contribution in [3.63, 3.8) is 0 Å². The van der Waals surface area contributed by atoms with Crippen molar-refractivity contribution in [3.05, 3.63) is 58.4 Å². The van der Waals surface area contributed by atoms with E-state index in [9.17, 15) is 14.3 Å². The zero-order valence-electron chi connectivity index (χ0n) is 18.8. The van der Waals surface area contributed by atoms with Gasteiger partial charge in [0.05, 0.1) is 24.8 Å². The van der Waals surface area contributed by atoms with Crippen molar-refractivity contribution in [3.8, 4) is 11.5 Å². The zero-order chi connectivity index (χ0) is 23.8. The molecule has 9 heteroatoms. The number of carbonyl (C=O) groups excluding carboxylic acids is 1. The van der Waals surface area contributed by atoms with Crippen molar-refractivity contribution in [2.45, 2.75) is 30.9 Å². The van der Waals surface area contributed by atoms with Crippen molar-refractivity contribution in [2.75, 3.05) is 40.5 Å². The minimum atomic E-state index is -0.902. The number of carbonyl (C=O) groups is 1. The molecule has 0 saturated carbocycles. The molecule has 0 aromatic heterocycles. The molecule has 0 radical (unpaired) electrons. The van der Waals surface area contributed by atoms with Crippen molar-refractivity contribution >= 4 is 17.6 Å². The highest BCUT2D eigenvalue weighted by Crippen LogP contribution is 2.33. The minimum absolute atomic E-state index is 0.197. The van der Waals surface area contributed by atoms with E-state index in [4.69, 9.17) is 25.8 Å². The molecule has 2 aromatic rings. The summed E-state index contributed by atoms with van der Waals surface area (Å²) < 4.78 is 29.2. The van der Waals surface area contributed by atoms with E-state index in [1.807, 2.05) is 0 Å². The average Bonchev–Trinajstić information content (AvgIpc) is 2.82. The number of methoxy groups -OCH3 is 2. The first-order chi connectivity index (χ1) is 15.9. The number of piperidine rings is 1. The quantitative estimate of drug-likeness (QED) is 0.356. The number of aliphatic hydroxyl groups is 1. The summed E-state index contributed by atoms with van der Waals surface area (Å²) in [5.74, 6) is -0.191. The van der Waals surface area contributed by atoms with E-state index < -0.39 is 11.6 Å². The van der Waals surface area contributed by atoms with Gasteiger partial charge in [-0.15, -0.1) is 0 Å². The first-order valence-corrected chi connectivity index (χ1v) is 11.2. The normalized spacial score (nSPS) is 16.2. The Morgan fingerprint density at radius 1 is 1.21 bits per heavy atom. The van der Waals surface area contributed by atoms with Crippen LogP contribution in [0.2, 0.25) is 5.02 Å². The second-order valence-electron chi connectivity index (χ2n) is 8.01. The van der Waals surface area contributed by atoms with Gasteiger partial charge in [-0.2, -0.15) is 0 Å². The highest BCUT2D eigenvalue weighted by Gasteiger charge is 2.37.